The van der Waals surface area contributed by atoms with Crippen molar-refractivity contribution in [3.05, 3.63) is 58.2 Å². The molecule has 7 nitrogen and oxygen atoms in total. The predicted octanol–water partition coefficient (Wildman–Crippen LogP) is 3.39. The van der Waals surface area contributed by atoms with E-state index in [4.69, 9.17) is 9.47 Å². The van der Waals surface area contributed by atoms with Crippen LogP contribution in [-0.4, -0.2) is 53.7 Å². The van der Waals surface area contributed by atoms with Crippen LogP contribution in [0.1, 0.15) is 76.7 Å². The second-order valence-electron chi connectivity index (χ2n) is 8.92. The van der Waals surface area contributed by atoms with Crippen molar-refractivity contribution in [3.8, 4) is 5.75 Å². The number of hydrogen-bond donors (Lipinski definition) is 2. The minimum Gasteiger partial charge on any atom is -0.491 e. The van der Waals surface area contributed by atoms with E-state index in [1.54, 1.807) is 18.2 Å². The van der Waals surface area contributed by atoms with Crippen LogP contribution in [0.15, 0.2) is 24.3 Å². The van der Waals surface area contributed by atoms with Crippen LogP contribution in [0.25, 0.3) is 0 Å². The van der Waals surface area contributed by atoms with Gasteiger partial charge in [-0.2, -0.15) is 0 Å². The maximum atomic E-state index is 14.7. The molecule has 4 rings (SSSR count). The quantitative estimate of drug-likeness (QED) is 0.431. The van der Waals surface area contributed by atoms with Crippen molar-refractivity contribution in [2.75, 3.05) is 19.8 Å². The number of fused-ring (bicyclic) bond motifs is 1. The molecule has 34 heavy (non-hydrogen) atoms. The van der Waals surface area contributed by atoms with Gasteiger partial charge >= 0.3 is 0 Å². The van der Waals surface area contributed by atoms with Crippen LogP contribution in [0.4, 0.5) is 4.39 Å². The van der Waals surface area contributed by atoms with Crippen molar-refractivity contribution in [1.82, 2.24) is 10.3 Å². The van der Waals surface area contributed by atoms with Gasteiger partial charge in [-0.25, -0.2) is 9.37 Å². The van der Waals surface area contributed by atoms with Crippen LogP contribution in [0.3, 0.4) is 0 Å². The minimum atomic E-state index is -0.763. The normalized spacial score (nSPS) is 19.4. The molecule has 0 aliphatic carbocycles. The van der Waals surface area contributed by atoms with Crippen LogP contribution in [-0.2, 0) is 17.6 Å². The summed E-state index contributed by atoms with van der Waals surface area (Å²) < 4.78 is 25.7. The molecule has 2 atom stereocenters. The van der Waals surface area contributed by atoms with Gasteiger partial charge in [0.1, 0.15) is 17.3 Å². The summed E-state index contributed by atoms with van der Waals surface area (Å²) in [4.78, 5) is 29.7. The highest BCUT2D eigenvalue weighted by atomic mass is 19.1. The molecule has 8 heteroatoms. The number of aliphatic hydroxyl groups is 1. The van der Waals surface area contributed by atoms with Gasteiger partial charge in [0.15, 0.2) is 5.78 Å². The fourth-order valence-corrected chi connectivity index (χ4v) is 4.41. The number of amides is 1. The summed E-state index contributed by atoms with van der Waals surface area (Å²) in [5.41, 5.74) is 2.46. The van der Waals surface area contributed by atoms with Crippen molar-refractivity contribution in [2.24, 2.45) is 0 Å². The molecule has 0 unspecified atom stereocenters. The van der Waals surface area contributed by atoms with E-state index in [0.29, 0.717) is 55.9 Å². The lowest BCUT2D eigenvalue weighted by Gasteiger charge is -2.28. The Morgan fingerprint density at radius 1 is 1.24 bits per heavy atom. The second kappa shape index (κ2) is 11.1. The molecule has 3 heterocycles. The summed E-state index contributed by atoms with van der Waals surface area (Å²) in [6, 6.07) is 5.93. The summed E-state index contributed by atoms with van der Waals surface area (Å²) in [5, 5.41) is 12.9. The highest BCUT2D eigenvalue weighted by Crippen LogP contribution is 2.31. The number of nitrogens with zero attached hydrogens (tertiary/aromatic N) is 1. The SMILES string of the molecule is CCCCCC(=O)c1ccc(Cc2cc(C(=O)N[C@H]3CCOC[C@@H]3O)nc3c2OCC3)cc1F. The summed E-state index contributed by atoms with van der Waals surface area (Å²) in [5.74, 6) is -0.458. The van der Waals surface area contributed by atoms with E-state index in [9.17, 15) is 19.1 Å². The number of Topliss-reactive ketones (excluding diaryl/α,β-unsaturated/α-hetero) is 1. The third-order valence-electron chi connectivity index (χ3n) is 6.32. The van der Waals surface area contributed by atoms with Crippen LogP contribution in [0.2, 0.25) is 0 Å². The maximum absolute atomic E-state index is 14.7. The molecule has 1 saturated heterocycles. The number of pyridine rings is 1. The molecular weight excluding hydrogens is 439 g/mol. The fourth-order valence-electron chi connectivity index (χ4n) is 4.41. The molecule has 2 aromatic rings. The van der Waals surface area contributed by atoms with Gasteiger partial charge in [-0.05, 0) is 36.6 Å². The highest BCUT2D eigenvalue weighted by Gasteiger charge is 2.28. The van der Waals surface area contributed by atoms with Gasteiger partial charge < -0.3 is 19.9 Å². The van der Waals surface area contributed by atoms with Crippen molar-refractivity contribution < 1.29 is 28.6 Å². The third-order valence-corrected chi connectivity index (χ3v) is 6.32. The van der Waals surface area contributed by atoms with E-state index in [-0.39, 0.29) is 29.6 Å². The Morgan fingerprint density at radius 2 is 2.09 bits per heavy atom. The molecular formula is C26H31FN2O5. The number of nitrogens with one attached hydrogen (secondary N) is 1. The summed E-state index contributed by atoms with van der Waals surface area (Å²) in [7, 11) is 0. The Kier molecular flexibility index (Phi) is 7.90. The highest BCUT2D eigenvalue weighted by molar-refractivity contribution is 5.96. The van der Waals surface area contributed by atoms with Gasteiger partial charge in [0.25, 0.3) is 5.91 Å². The standard InChI is InChI=1S/C26H31FN2O5/c1-2-3-4-5-23(30)18-7-6-16(13-19(18)27)12-17-14-22(28-21-9-11-34-25(17)21)26(32)29-20-8-10-33-15-24(20)31/h6-7,13-14,20,24,31H,2-5,8-12,15H2,1H3,(H,29,32)/t20-,24-/m0/s1. The summed E-state index contributed by atoms with van der Waals surface area (Å²) in [6.07, 6.45) is 3.74. The third kappa shape index (κ3) is 5.62. The van der Waals surface area contributed by atoms with Gasteiger partial charge in [-0.15, -0.1) is 0 Å². The summed E-state index contributed by atoms with van der Waals surface area (Å²) in [6.45, 7) is 3.19. The Morgan fingerprint density at radius 3 is 2.85 bits per heavy atom. The van der Waals surface area contributed by atoms with E-state index in [0.717, 1.165) is 24.8 Å². The Bertz CT molecular complexity index is 1060. The number of halogens is 1. The number of carbonyl (C=O) groups excluding carboxylic acids is 2. The molecule has 2 aliphatic heterocycles. The molecule has 1 fully saturated rings. The second-order valence-corrected chi connectivity index (χ2v) is 8.92. The number of carbonyl (C=O) groups is 2. The van der Waals surface area contributed by atoms with Gasteiger partial charge in [-0.3, -0.25) is 9.59 Å². The Labute approximate surface area is 198 Å². The first kappa shape index (κ1) is 24.3. The molecule has 2 aliphatic rings. The lowest BCUT2D eigenvalue weighted by atomic mass is 9.98. The average Bonchev–Trinajstić information content (AvgIpc) is 3.30. The zero-order valence-electron chi connectivity index (χ0n) is 19.4. The molecule has 0 saturated carbocycles. The van der Waals surface area contributed by atoms with E-state index in [2.05, 4.69) is 17.2 Å². The van der Waals surface area contributed by atoms with Gasteiger partial charge in [0, 0.05) is 31.4 Å². The number of unbranched alkanes of at least 4 members (excludes halogenated alkanes) is 2. The fraction of sp³-hybridized carbons (Fsp3) is 0.500. The largest absolute Gasteiger partial charge is 0.491 e. The number of aromatic nitrogens is 1. The zero-order valence-corrected chi connectivity index (χ0v) is 19.4. The van der Waals surface area contributed by atoms with Crippen LogP contribution in [0, 0.1) is 5.82 Å². The Hall–Kier alpha value is -2.84. The van der Waals surface area contributed by atoms with Crippen LogP contribution < -0.4 is 10.1 Å². The van der Waals surface area contributed by atoms with E-state index >= 15 is 0 Å². The first-order chi connectivity index (χ1) is 16.5. The lowest BCUT2D eigenvalue weighted by molar-refractivity contribution is -0.0261. The molecule has 0 bridgehead atoms. The van der Waals surface area contributed by atoms with E-state index in [1.165, 1.54) is 6.07 Å². The molecule has 1 aromatic carbocycles. The van der Waals surface area contributed by atoms with Crippen molar-refractivity contribution in [1.29, 1.82) is 0 Å². The molecule has 0 spiro atoms. The molecule has 182 valence electrons. The maximum Gasteiger partial charge on any atom is 0.270 e. The monoisotopic (exact) mass is 470 g/mol. The van der Waals surface area contributed by atoms with E-state index in [1.807, 2.05) is 0 Å². The van der Waals surface area contributed by atoms with Crippen molar-refractivity contribution in [3.63, 3.8) is 0 Å². The number of rotatable bonds is 9. The number of benzene rings is 1. The van der Waals surface area contributed by atoms with Crippen molar-refractivity contribution >= 4 is 11.7 Å². The van der Waals surface area contributed by atoms with Crippen molar-refractivity contribution in [2.45, 2.75) is 64.0 Å². The smallest absolute Gasteiger partial charge is 0.270 e. The zero-order chi connectivity index (χ0) is 24.1. The number of ketones is 1. The molecule has 1 aromatic heterocycles. The first-order valence-electron chi connectivity index (χ1n) is 12.0. The number of ether oxygens (including phenoxy) is 2. The lowest BCUT2D eigenvalue weighted by Crippen LogP contribution is -2.48. The summed E-state index contributed by atoms with van der Waals surface area (Å²) >= 11 is 0. The van der Waals surface area contributed by atoms with E-state index < -0.39 is 18.0 Å². The molecule has 2 N–H and O–H groups in total. The predicted molar refractivity (Wildman–Crippen MR) is 124 cm³/mol. The van der Waals surface area contributed by atoms with Gasteiger partial charge in [0.2, 0.25) is 0 Å². The average molecular weight is 471 g/mol. The number of aliphatic hydroxyl groups excluding tert-OH is 1. The molecule has 0 radical (unpaired) electrons. The molecule has 1 amide bonds. The Balaban J connectivity index is 1.52. The van der Waals surface area contributed by atoms with Gasteiger partial charge in [0.05, 0.1) is 36.6 Å². The van der Waals surface area contributed by atoms with Gasteiger partial charge in [-0.1, -0.05) is 25.8 Å². The first-order valence-corrected chi connectivity index (χ1v) is 12.0. The van der Waals surface area contributed by atoms with Crippen LogP contribution in [0.5, 0.6) is 5.75 Å². The van der Waals surface area contributed by atoms with Crippen LogP contribution >= 0.6 is 0 Å². The topological polar surface area (TPSA) is 97.8 Å². The number of hydrogen-bond acceptors (Lipinski definition) is 6. The minimum absolute atomic E-state index is 0.117.